The molecule has 58 valence electrons. The minimum atomic E-state index is 0. The molecule has 0 fully saturated rings. The van der Waals surface area contributed by atoms with Gasteiger partial charge in [-0.1, -0.05) is 0 Å². The number of hydrogen-bond donors (Lipinski definition) is 0. The van der Waals surface area contributed by atoms with E-state index in [1.807, 2.05) is 0 Å². The molecule has 0 rings (SSSR count). The Morgan fingerprint density at radius 3 is 0.417 bits per heavy atom. The van der Waals surface area contributed by atoms with Crippen molar-refractivity contribution in [3.63, 3.8) is 0 Å². The Morgan fingerprint density at radius 1 is 0.417 bits per heavy atom. The summed E-state index contributed by atoms with van der Waals surface area (Å²) in [5.74, 6) is 0. The third-order valence-corrected chi connectivity index (χ3v) is 0. The van der Waals surface area contributed by atoms with Crippen LogP contribution < -0.4 is 0 Å². The smallest absolute Gasteiger partial charge is 0 e. The zero-order chi connectivity index (χ0) is 10.0. The van der Waals surface area contributed by atoms with Crippen molar-refractivity contribution in [1.29, 1.82) is 0 Å². The van der Waals surface area contributed by atoms with E-state index in [2.05, 4.69) is 33.3 Å². The first kappa shape index (κ1) is 56.5. The first-order valence-electron chi connectivity index (χ1n) is 1.02. The summed E-state index contributed by atoms with van der Waals surface area (Å²) in [5.41, 5.74) is 0. The fourth-order valence-corrected chi connectivity index (χ4v) is 0. The Kier molecular flexibility index (Phi) is 114000. The van der Waals surface area contributed by atoms with E-state index in [-0.39, 0.29) is 46.6 Å². The summed E-state index contributed by atoms with van der Waals surface area (Å²) in [7, 11) is 0. The Hall–Kier alpha value is 0.219. The molecule has 0 aliphatic heterocycles. The van der Waals surface area contributed by atoms with E-state index in [9.17, 15) is 0 Å². The van der Waals surface area contributed by atoms with Gasteiger partial charge in [-0.05, 0) is 0 Å². The maximum atomic E-state index is 7.50. The molecule has 0 saturated carbocycles. The maximum absolute atomic E-state index is 7.50. The van der Waals surface area contributed by atoms with E-state index in [4.69, 9.17) is 23.3 Å². The monoisotopic (exact) mass is 218 g/mol. The number of rotatable bonds is 0. The van der Waals surface area contributed by atoms with Crippen LogP contribution in [0.4, 0.5) is 0 Å². The summed E-state index contributed by atoms with van der Waals surface area (Å²) < 4.78 is 37.5. The predicted octanol–water partition coefficient (Wildman–Crippen LogP) is -0.571. The Bertz CT molecular complexity index is 78.4. The van der Waals surface area contributed by atoms with Crippen molar-refractivity contribution >= 4 is 29.6 Å². The molecule has 0 amide bonds. The van der Waals surface area contributed by atoms with E-state index in [0.29, 0.717) is 0 Å². The van der Waals surface area contributed by atoms with Crippen LogP contribution in [0.2, 0.25) is 0 Å². The van der Waals surface area contributed by atoms with Gasteiger partial charge in [0.2, 0.25) is 0 Å². The van der Waals surface area contributed by atoms with Crippen LogP contribution in [-0.2, 0) is 40.3 Å². The Balaban J connectivity index is -0.00000000500. The van der Waals surface area contributed by atoms with E-state index in [1.165, 1.54) is 0 Å². The molecule has 0 atom stereocenters. The first-order chi connectivity index (χ1) is 5.00. The maximum Gasteiger partial charge on any atom is 0 e. The van der Waals surface area contributed by atoms with Crippen LogP contribution in [0.15, 0.2) is 0 Å². The zero-order valence-corrected chi connectivity index (χ0v) is 9.10. The second-order valence-electron chi connectivity index (χ2n) is 0. The van der Waals surface area contributed by atoms with Crippen molar-refractivity contribution in [2.24, 2.45) is 0 Å². The topological polar surface area (TPSA) is 99.5 Å². The molecule has 0 saturated heterocycles. The fraction of sp³-hybridized carbons (Fsp3) is 0. The average Bonchev–Trinajstić information content (AvgIpc) is 2.20. The molecule has 0 heterocycles. The van der Waals surface area contributed by atoms with Gasteiger partial charge in [0.1, 0.15) is 0 Å². The predicted molar refractivity (Wildman–Crippen MR) is 25.4 cm³/mol. The third-order valence-electron chi connectivity index (χ3n) is 0. The largest absolute Gasteiger partial charge is 0 e. The van der Waals surface area contributed by atoms with Crippen LogP contribution in [0.25, 0.3) is 0 Å². The molecule has 12 heavy (non-hydrogen) atoms. The van der Waals surface area contributed by atoms with Crippen molar-refractivity contribution in [2.45, 2.75) is 0 Å². The average molecular weight is 218 g/mol. The summed E-state index contributed by atoms with van der Waals surface area (Å²) in [6, 6.07) is 0. The molecule has 0 aliphatic carbocycles. The van der Waals surface area contributed by atoms with Gasteiger partial charge >= 0.3 is 56.5 Å². The van der Waals surface area contributed by atoms with Crippen LogP contribution in [0.3, 0.4) is 0 Å². The first-order valence-corrected chi connectivity index (χ1v) is 1.02. The van der Waals surface area contributed by atoms with E-state index in [1.54, 1.807) is 0 Å². The molecular formula is C5MnNaO5. The quantitative estimate of drug-likeness (QED) is 0.295. The normalized spacial score (nSPS) is 0.833. The summed E-state index contributed by atoms with van der Waals surface area (Å²) in [6.07, 6.45) is 0. The summed E-state index contributed by atoms with van der Waals surface area (Å²) in [4.78, 5) is 0. The van der Waals surface area contributed by atoms with Crippen molar-refractivity contribution < 1.29 is 40.3 Å². The van der Waals surface area contributed by atoms with Crippen molar-refractivity contribution in [1.82, 2.24) is 0 Å². The summed E-state index contributed by atoms with van der Waals surface area (Å²) in [5, 5.41) is 0. The van der Waals surface area contributed by atoms with E-state index < -0.39 is 0 Å². The van der Waals surface area contributed by atoms with Gasteiger partial charge in [0.05, 0.1) is 0 Å². The molecule has 0 aromatic heterocycles. The van der Waals surface area contributed by atoms with Gasteiger partial charge in [0.25, 0.3) is 0 Å². The minimum Gasteiger partial charge on any atom is 0 e. The molecule has 2 radical (unpaired) electrons. The molecule has 0 spiro atoms. The van der Waals surface area contributed by atoms with Gasteiger partial charge in [-0.25, -0.2) is 0 Å². The molecular weight excluding hydrogens is 218 g/mol. The van der Waals surface area contributed by atoms with Gasteiger partial charge in [-0.2, -0.15) is 0 Å². The second kappa shape index (κ2) is 24300. The third kappa shape index (κ3) is 18000. The van der Waals surface area contributed by atoms with Crippen LogP contribution >= 0.6 is 0 Å². The van der Waals surface area contributed by atoms with Gasteiger partial charge in [0.15, 0.2) is 0 Å². The zero-order valence-electron chi connectivity index (χ0n) is 5.92. The molecule has 0 N–H and O–H groups in total. The van der Waals surface area contributed by atoms with Crippen LogP contribution in [0.5, 0.6) is 0 Å². The van der Waals surface area contributed by atoms with Crippen molar-refractivity contribution in [2.75, 3.05) is 0 Å². The molecule has 7 heteroatoms. The van der Waals surface area contributed by atoms with Gasteiger partial charge < -0.3 is 0 Å². The summed E-state index contributed by atoms with van der Waals surface area (Å²) in [6.45, 7) is 22.5. The van der Waals surface area contributed by atoms with Gasteiger partial charge in [0, 0.05) is 46.6 Å². The van der Waals surface area contributed by atoms with Crippen LogP contribution in [-0.4, -0.2) is 29.6 Å². The summed E-state index contributed by atoms with van der Waals surface area (Å²) >= 11 is 0. The molecule has 5 nitrogen and oxygen atoms in total. The molecule has 0 aromatic carbocycles. The Labute approximate surface area is 103 Å². The van der Waals surface area contributed by atoms with Gasteiger partial charge in [-0.15, -0.1) is 0 Å². The molecule has 0 unspecified atom stereocenters. The van der Waals surface area contributed by atoms with E-state index >= 15 is 0 Å². The standard InChI is InChI=1S/5CO.Mn.Na/c5*1-2;;. The van der Waals surface area contributed by atoms with Crippen LogP contribution in [0, 0.1) is 33.3 Å². The number of hydrogen-bond acceptors (Lipinski definition) is 0. The minimum absolute atomic E-state index is 0. The van der Waals surface area contributed by atoms with Crippen LogP contribution in [0.1, 0.15) is 0 Å². The van der Waals surface area contributed by atoms with E-state index in [0.717, 1.165) is 0 Å². The molecule has 0 aliphatic rings. The second-order valence-corrected chi connectivity index (χ2v) is 0. The SMILES string of the molecule is [C-]#[O+].[C-]#[O+].[C-]#[O+].[C-]#[O+].[C-]#[O+].[Mn].[Na]. The van der Waals surface area contributed by atoms with Gasteiger partial charge in [-0.3, -0.25) is 0 Å². The fourth-order valence-electron chi connectivity index (χ4n) is 0. The Morgan fingerprint density at radius 2 is 0.417 bits per heavy atom. The van der Waals surface area contributed by atoms with Crippen molar-refractivity contribution in [3.05, 3.63) is 33.3 Å². The van der Waals surface area contributed by atoms with Crippen molar-refractivity contribution in [3.8, 4) is 0 Å². The molecule has 0 bridgehead atoms. The molecule has 0 aromatic rings.